The summed E-state index contributed by atoms with van der Waals surface area (Å²) in [7, 11) is -1.91. The summed E-state index contributed by atoms with van der Waals surface area (Å²) in [6.07, 6.45) is 2.24. The maximum atomic E-state index is 13.4. The predicted molar refractivity (Wildman–Crippen MR) is 64.9 cm³/mol. The summed E-state index contributed by atoms with van der Waals surface area (Å²) >= 11 is 0. The second kappa shape index (κ2) is 4.62. The van der Waals surface area contributed by atoms with E-state index in [1.165, 1.54) is 11.9 Å². The molecule has 1 amide bonds. The van der Waals surface area contributed by atoms with Crippen molar-refractivity contribution in [2.75, 3.05) is 13.6 Å². The number of halogens is 1. The van der Waals surface area contributed by atoms with Gasteiger partial charge in [-0.2, -0.15) is 0 Å². The van der Waals surface area contributed by atoms with Gasteiger partial charge in [0.15, 0.2) is 5.83 Å². The number of hydrogen-bond donors (Lipinski definition) is 1. The van der Waals surface area contributed by atoms with Gasteiger partial charge in [0.2, 0.25) is 10.0 Å². The minimum Gasteiger partial charge on any atom is -0.336 e. The Bertz CT molecular complexity index is 489. The van der Waals surface area contributed by atoms with Crippen molar-refractivity contribution in [1.82, 2.24) is 9.62 Å². The molecule has 1 aliphatic heterocycles. The lowest BCUT2D eigenvalue weighted by Gasteiger charge is -2.48. The normalized spacial score (nSPS) is 31.7. The average molecular weight is 276 g/mol. The van der Waals surface area contributed by atoms with Crippen LogP contribution in [0.4, 0.5) is 4.39 Å². The number of rotatable bonds is 4. The second-order valence-corrected chi connectivity index (χ2v) is 6.77. The Morgan fingerprint density at radius 1 is 1.56 bits per heavy atom. The predicted octanol–water partition coefficient (Wildman–Crippen LogP) is 0.398. The van der Waals surface area contributed by atoms with Crippen molar-refractivity contribution in [2.24, 2.45) is 5.92 Å². The lowest BCUT2D eigenvalue weighted by Crippen LogP contribution is -2.61. The van der Waals surface area contributed by atoms with Crippen molar-refractivity contribution in [3.63, 3.8) is 0 Å². The standard InChI is InChI=1S/C11H17FN2O3S/c1-3-4-13-18(16,17)10-6-9-7(10)5-8(12)11(15)14(9)2/h5,7,9-10,13H,3-4,6H2,1-2H3/t7-,9-,10-/m1/s1. The van der Waals surface area contributed by atoms with Crippen LogP contribution in [-0.4, -0.2) is 44.1 Å². The van der Waals surface area contributed by atoms with Gasteiger partial charge in [-0.05, 0) is 18.9 Å². The molecule has 102 valence electrons. The third-order valence-corrected chi connectivity index (χ3v) is 5.57. The first-order chi connectivity index (χ1) is 8.38. The van der Waals surface area contributed by atoms with Gasteiger partial charge in [-0.3, -0.25) is 4.79 Å². The largest absolute Gasteiger partial charge is 0.336 e. The Balaban J connectivity index is 2.16. The molecule has 1 heterocycles. The number of nitrogens with one attached hydrogen (secondary N) is 1. The Labute approximate surface area is 106 Å². The van der Waals surface area contributed by atoms with Gasteiger partial charge in [0.25, 0.3) is 5.91 Å². The maximum absolute atomic E-state index is 13.4. The van der Waals surface area contributed by atoms with Crippen LogP contribution in [0, 0.1) is 5.92 Å². The van der Waals surface area contributed by atoms with Crippen LogP contribution in [0.2, 0.25) is 0 Å². The monoisotopic (exact) mass is 276 g/mol. The van der Waals surface area contributed by atoms with E-state index in [9.17, 15) is 17.6 Å². The number of fused-ring (bicyclic) bond motifs is 1. The molecular weight excluding hydrogens is 259 g/mol. The van der Waals surface area contributed by atoms with Crippen molar-refractivity contribution in [3.8, 4) is 0 Å². The molecule has 0 saturated heterocycles. The van der Waals surface area contributed by atoms with E-state index >= 15 is 0 Å². The zero-order valence-corrected chi connectivity index (χ0v) is 11.2. The Morgan fingerprint density at radius 2 is 2.22 bits per heavy atom. The number of carbonyl (C=O) groups is 1. The van der Waals surface area contributed by atoms with Crippen LogP contribution in [0.1, 0.15) is 19.8 Å². The molecule has 1 N–H and O–H groups in total. The van der Waals surface area contributed by atoms with E-state index in [1.807, 2.05) is 6.92 Å². The van der Waals surface area contributed by atoms with E-state index in [-0.39, 0.29) is 6.04 Å². The molecule has 1 fully saturated rings. The van der Waals surface area contributed by atoms with Crippen molar-refractivity contribution < 1.29 is 17.6 Å². The number of likely N-dealkylation sites (N-methyl/N-ethyl adjacent to an activating group) is 1. The molecule has 0 aromatic carbocycles. The molecule has 1 aliphatic carbocycles. The number of hydrogen-bond acceptors (Lipinski definition) is 3. The first-order valence-corrected chi connectivity index (χ1v) is 7.56. The SMILES string of the molecule is CCCNS(=O)(=O)[C@@H]1C[C@@H]2[C@H]1C=C(F)C(=O)N2C. The first-order valence-electron chi connectivity index (χ1n) is 6.01. The van der Waals surface area contributed by atoms with Crippen LogP contribution in [-0.2, 0) is 14.8 Å². The van der Waals surface area contributed by atoms with E-state index < -0.39 is 32.9 Å². The van der Waals surface area contributed by atoms with Gasteiger partial charge in [0.05, 0.1) is 5.25 Å². The fraction of sp³-hybridized carbons (Fsp3) is 0.727. The lowest BCUT2D eigenvalue weighted by molar-refractivity contribution is -0.133. The van der Waals surface area contributed by atoms with Crippen molar-refractivity contribution in [3.05, 3.63) is 11.9 Å². The van der Waals surface area contributed by atoms with Gasteiger partial charge in [-0.1, -0.05) is 6.92 Å². The van der Waals surface area contributed by atoms with Gasteiger partial charge >= 0.3 is 0 Å². The van der Waals surface area contributed by atoms with Gasteiger partial charge in [0.1, 0.15) is 0 Å². The second-order valence-electron chi connectivity index (χ2n) is 4.79. The number of sulfonamides is 1. The molecule has 0 spiro atoms. The molecule has 1 saturated carbocycles. The van der Waals surface area contributed by atoms with Gasteiger partial charge in [0, 0.05) is 25.6 Å². The number of amides is 1. The number of nitrogens with zero attached hydrogens (tertiary/aromatic N) is 1. The molecule has 18 heavy (non-hydrogen) atoms. The fourth-order valence-electron chi connectivity index (χ4n) is 2.48. The van der Waals surface area contributed by atoms with Gasteiger partial charge in [-0.25, -0.2) is 17.5 Å². The minimum atomic E-state index is -3.42. The summed E-state index contributed by atoms with van der Waals surface area (Å²) in [5.74, 6) is -1.94. The van der Waals surface area contributed by atoms with Crippen LogP contribution in [0.3, 0.4) is 0 Å². The average Bonchev–Trinajstić information content (AvgIpc) is 2.28. The number of carbonyl (C=O) groups excluding carboxylic acids is 1. The lowest BCUT2D eigenvalue weighted by atomic mass is 9.76. The van der Waals surface area contributed by atoms with E-state index in [4.69, 9.17) is 0 Å². The maximum Gasteiger partial charge on any atom is 0.282 e. The Hall–Kier alpha value is -0.950. The topological polar surface area (TPSA) is 66.5 Å². The Morgan fingerprint density at radius 3 is 2.83 bits per heavy atom. The zero-order valence-electron chi connectivity index (χ0n) is 10.4. The highest BCUT2D eigenvalue weighted by molar-refractivity contribution is 7.90. The summed E-state index contributed by atoms with van der Waals surface area (Å²) in [5, 5.41) is -0.629. The summed E-state index contributed by atoms with van der Waals surface area (Å²) in [6.45, 7) is 2.26. The third-order valence-electron chi connectivity index (χ3n) is 3.66. The summed E-state index contributed by atoms with van der Waals surface area (Å²) < 4.78 is 39.8. The van der Waals surface area contributed by atoms with Gasteiger partial charge < -0.3 is 4.90 Å². The molecule has 0 unspecified atom stereocenters. The molecule has 2 rings (SSSR count). The quantitative estimate of drug-likeness (QED) is 0.808. The molecule has 0 aromatic rings. The highest BCUT2D eigenvalue weighted by atomic mass is 32.2. The summed E-state index contributed by atoms with van der Waals surface area (Å²) in [6, 6.07) is -0.194. The molecule has 0 aromatic heterocycles. The molecular formula is C11H17FN2O3S. The van der Waals surface area contributed by atoms with Crippen LogP contribution in [0.25, 0.3) is 0 Å². The van der Waals surface area contributed by atoms with E-state index in [2.05, 4.69) is 4.72 Å². The van der Waals surface area contributed by atoms with Crippen molar-refractivity contribution >= 4 is 15.9 Å². The van der Waals surface area contributed by atoms with Crippen LogP contribution >= 0.6 is 0 Å². The van der Waals surface area contributed by atoms with Crippen LogP contribution < -0.4 is 4.72 Å². The molecule has 0 radical (unpaired) electrons. The van der Waals surface area contributed by atoms with Crippen LogP contribution in [0.15, 0.2) is 11.9 Å². The van der Waals surface area contributed by atoms with E-state index in [1.54, 1.807) is 0 Å². The fourth-order valence-corrected chi connectivity index (χ4v) is 4.31. The van der Waals surface area contributed by atoms with E-state index in [0.717, 1.165) is 6.08 Å². The van der Waals surface area contributed by atoms with E-state index in [0.29, 0.717) is 19.4 Å². The van der Waals surface area contributed by atoms with Gasteiger partial charge in [-0.15, -0.1) is 0 Å². The molecule has 0 bridgehead atoms. The highest BCUT2D eigenvalue weighted by Gasteiger charge is 2.52. The molecule has 3 atom stereocenters. The van der Waals surface area contributed by atoms with Crippen molar-refractivity contribution in [1.29, 1.82) is 0 Å². The molecule has 2 aliphatic rings. The first kappa shape index (κ1) is 13.5. The zero-order chi connectivity index (χ0) is 13.5. The molecule has 7 heteroatoms. The Kier molecular flexibility index (Phi) is 3.46. The van der Waals surface area contributed by atoms with Crippen molar-refractivity contribution in [2.45, 2.75) is 31.1 Å². The smallest absolute Gasteiger partial charge is 0.282 e. The minimum absolute atomic E-state index is 0.194. The highest BCUT2D eigenvalue weighted by Crippen LogP contribution is 2.41. The third kappa shape index (κ3) is 2.05. The summed E-state index contributed by atoms with van der Waals surface area (Å²) in [5.41, 5.74) is 0. The van der Waals surface area contributed by atoms with Crippen LogP contribution in [0.5, 0.6) is 0 Å². The molecule has 5 nitrogen and oxygen atoms in total. The summed E-state index contributed by atoms with van der Waals surface area (Å²) in [4.78, 5) is 12.7.